The number of aryl methyl sites for hydroxylation is 1. The van der Waals surface area contributed by atoms with Crippen molar-refractivity contribution in [2.45, 2.75) is 31.7 Å². The number of para-hydroxylation sites is 1. The van der Waals surface area contributed by atoms with E-state index in [1.807, 2.05) is 12.1 Å². The van der Waals surface area contributed by atoms with Gasteiger partial charge in [-0.25, -0.2) is 4.79 Å². The molecule has 0 unspecified atom stereocenters. The minimum absolute atomic E-state index is 0.0398. The quantitative estimate of drug-likeness (QED) is 0.628. The largest absolute Gasteiger partial charge is 0.573 e. The fourth-order valence-corrected chi connectivity index (χ4v) is 3.08. The molecular weight excluding hydrogens is 389 g/mol. The molecule has 0 aliphatic heterocycles. The Kier molecular flexibility index (Phi) is 4.77. The average molecular weight is 406 g/mol. The molecule has 10 heteroatoms. The number of hydrogen-bond acceptors (Lipinski definition) is 5. The summed E-state index contributed by atoms with van der Waals surface area (Å²) in [7, 11) is 1.39. The summed E-state index contributed by atoms with van der Waals surface area (Å²) in [4.78, 5) is 12.2. The molecule has 4 rings (SSSR count). The average Bonchev–Trinajstić information content (AvgIpc) is 3.46. The van der Waals surface area contributed by atoms with Crippen LogP contribution in [0, 0.1) is 0 Å². The van der Waals surface area contributed by atoms with Gasteiger partial charge in [-0.1, -0.05) is 24.3 Å². The van der Waals surface area contributed by atoms with Crippen LogP contribution >= 0.6 is 0 Å². The Morgan fingerprint density at radius 1 is 1.07 bits per heavy atom. The van der Waals surface area contributed by atoms with Crippen LogP contribution in [0.1, 0.15) is 29.9 Å². The summed E-state index contributed by atoms with van der Waals surface area (Å²) >= 11 is 0. The minimum atomic E-state index is -4.90. The van der Waals surface area contributed by atoms with Gasteiger partial charge in [0, 0.05) is 7.05 Å². The first-order valence-electron chi connectivity index (χ1n) is 8.92. The molecule has 1 aliphatic carbocycles. The second-order valence-electron chi connectivity index (χ2n) is 6.70. The maximum atomic E-state index is 12.9. The van der Waals surface area contributed by atoms with Gasteiger partial charge in [-0.3, -0.25) is 0 Å². The first-order valence-corrected chi connectivity index (χ1v) is 8.92. The molecule has 0 bridgehead atoms. The molecule has 0 spiro atoms. The summed E-state index contributed by atoms with van der Waals surface area (Å²) in [6.45, 7) is -0.242. The minimum Gasteiger partial charge on any atom is -0.488 e. The van der Waals surface area contributed by atoms with Crippen LogP contribution in [-0.2, 0) is 13.7 Å². The van der Waals surface area contributed by atoms with Crippen LogP contribution < -0.4 is 15.2 Å². The summed E-state index contributed by atoms with van der Waals surface area (Å²) in [5.74, 6) is 0.528. The fourth-order valence-electron chi connectivity index (χ4n) is 3.08. The highest BCUT2D eigenvalue weighted by Gasteiger charge is 2.33. The highest BCUT2D eigenvalue weighted by Crippen LogP contribution is 2.44. The standard InChI is InChI=1S/C19H17F3N4O3/c1-25-18(27)26(24-23-25)15-6-4-8-17(29-19(20,21)22)14(15)11-28-16-7-3-2-5-13(16)12-9-10-12/h2-8,12H,9-11H2,1H3. The van der Waals surface area contributed by atoms with Crippen LogP contribution in [0.15, 0.2) is 47.3 Å². The van der Waals surface area contributed by atoms with E-state index in [1.165, 1.54) is 25.2 Å². The predicted octanol–water partition coefficient (Wildman–Crippen LogP) is 3.32. The molecular formula is C19H17F3N4O3. The molecule has 1 aromatic heterocycles. The van der Waals surface area contributed by atoms with Crippen LogP contribution in [0.2, 0.25) is 0 Å². The number of alkyl halides is 3. The van der Waals surface area contributed by atoms with E-state index in [0.29, 0.717) is 11.7 Å². The van der Waals surface area contributed by atoms with Crippen LogP contribution in [0.5, 0.6) is 11.5 Å². The lowest BCUT2D eigenvalue weighted by Gasteiger charge is -2.17. The van der Waals surface area contributed by atoms with Crippen molar-refractivity contribution in [1.29, 1.82) is 0 Å². The molecule has 1 heterocycles. The molecule has 1 saturated carbocycles. The lowest BCUT2D eigenvalue weighted by atomic mass is 10.1. The lowest BCUT2D eigenvalue weighted by Crippen LogP contribution is -2.24. The predicted molar refractivity (Wildman–Crippen MR) is 96.0 cm³/mol. The normalized spacial score (nSPS) is 14.1. The number of hydrogen-bond donors (Lipinski definition) is 0. The second kappa shape index (κ2) is 7.26. The topological polar surface area (TPSA) is 71.2 Å². The van der Waals surface area contributed by atoms with Crippen molar-refractivity contribution in [2.24, 2.45) is 7.05 Å². The molecule has 1 fully saturated rings. The molecule has 0 saturated heterocycles. The maximum absolute atomic E-state index is 12.9. The summed E-state index contributed by atoms with van der Waals surface area (Å²) in [5, 5.41) is 7.33. The van der Waals surface area contributed by atoms with Crippen molar-refractivity contribution >= 4 is 0 Å². The number of rotatable bonds is 6. The first-order chi connectivity index (χ1) is 13.8. The van der Waals surface area contributed by atoms with Gasteiger partial charge in [0.25, 0.3) is 0 Å². The van der Waals surface area contributed by atoms with Crippen molar-refractivity contribution in [3.63, 3.8) is 0 Å². The Labute approximate surface area is 163 Å². The van der Waals surface area contributed by atoms with E-state index in [0.717, 1.165) is 27.8 Å². The van der Waals surface area contributed by atoms with E-state index in [4.69, 9.17) is 4.74 Å². The third kappa shape index (κ3) is 4.10. The molecule has 152 valence electrons. The van der Waals surface area contributed by atoms with E-state index in [-0.39, 0.29) is 17.9 Å². The maximum Gasteiger partial charge on any atom is 0.573 e. The van der Waals surface area contributed by atoms with Gasteiger partial charge in [-0.15, -0.1) is 13.2 Å². The van der Waals surface area contributed by atoms with E-state index >= 15 is 0 Å². The Bertz CT molecular complexity index is 1090. The number of ether oxygens (including phenoxy) is 2. The lowest BCUT2D eigenvalue weighted by molar-refractivity contribution is -0.275. The summed E-state index contributed by atoms with van der Waals surface area (Å²) in [5.41, 5.74) is 0.556. The van der Waals surface area contributed by atoms with Crippen LogP contribution in [0.4, 0.5) is 13.2 Å². The monoisotopic (exact) mass is 406 g/mol. The van der Waals surface area contributed by atoms with Crippen LogP contribution in [0.25, 0.3) is 5.69 Å². The van der Waals surface area contributed by atoms with Gasteiger partial charge in [0.1, 0.15) is 18.1 Å². The molecule has 29 heavy (non-hydrogen) atoms. The smallest absolute Gasteiger partial charge is 0.488 e. The van der Waals surface area contributed by atoms with Gasteiger partial charge in [-0.05, 0) is 52.9 Å². The van der Waals surface area contributed by atoms with Crippen molar-refractivity contribution < 1.29 is 22.6 Å². The zero-order chi connectivity index (χ0) is 20.6. The fraction of sp³-hybridized carbons (Fsp3) is 0.316. The molecule has 1 aliphatic rings. The van der Waals surface area contributed by atoms with E-state index < -0.39 is 17.8 Å². The highest BCUT2D eigenvalue weighted by atomic mass is 19.4. The van der Waals surface area contributed by atoms with Crippen molar-refractivity contribution in [1.82, 2.24) is 19.8 Å². The third-order valence-corrected chi connectivity index (χ3v) is 4.59. The number of benzene rings is 2. The van der Waals surface area contributed by atoms with E-state index in [9.17, 15) is 18.0 Å². The molecule has 0 radical (unpaired) electrons. The number of tetrazole rings is 1. The zero-order valence-corrected chi connectivity index (χ0v) is 15.4. The van der Waals surface area contributed by atoms with Crippen LogP contribution in [0.3, 0.4) is 0 Å². The van der Waals surface area contributed by atoms with Gasteiger partial charge in [0.2, 0.25) is 0 Å². The molecule has 7 nitrogen and oxygen atoms in total. The van der Waals surface area contributed by atoms with Gasteiger partial charge in [-0.2, -0.15) is 9.36 Å². The Hall–Kier alpha value is -3.30. The van der Waals surface area contributed by atoms with E-state index in [2.05, 4.69) is 15.2 Å². The highest BCUT2D eigenvalue weighted by molar-refractivity contribution is 5.49. The summed E-state index contributed by atoms with van der Waals surface area (Å²) < 4.78 is 50.7. The number of nitrogens with zero attached hydrogens (tertiary/aromatic N) is 4. The molecule has 3 aromatic rings. The van der Waals surface area contributed by atoms with Gasteiger partial charge < -0.3 is 9.47 Å². The molecule has 0 N–H and O–H groups in total. The van der Waals surface area contributed by atoms with Crippen LogP contribution in [-0.4, -0.2) is 26.2 Å². The Morgan fingerprint density at radius 2 is 1.79 bits per heavy atom. The second-order valence-corrected chi connectivity index (χ2v) is 6.70. The van der Waals surface area contributed by atoms with Crippen molar-refractivity contribution in [3.8, 4) is 17.2 Å². The van der Waals surface area contributed by atoms with E-state index in [1.54, 1.807) is 12.1 Å². The zero-order valence-electron chi connectivity index (χ0n) is 15.4. The Morgan fingerprint density at radius 3 is 2.45 bits per heavy atom. The molecule has 0 amide bonds. The Balaban J connectivity index is 1.73. The summed E-state index contributed by atoms with van der Waals surface area (Å²) in [6.07, 6.45) is -2.80. The van der Waals surface area contributed by atoms with Crippen molar-refractivity contribution in [2.75, 3.05) is 0 Å². The molecule has 0 atom stereocenters. The van der Waals surface area contributed by atoms with Gasteiger partial charge in [0.05, 0.1) is 11.3 Å². The molecule has 2 aromatic carbocycles. The summed E-state index contributed by atoms with van der Waals surface area (Å²) in [6, 6.07) is 11.4. The van der Waals surface area contributed by atoms with Gasteiger partial charge in [0.15, 0.2) is 0 Å². The van der Waals surface area contributed by atoms with Crippen molar-refractivity contribution in [3.05, 3.63) is 64.1 Å². The first kappa shape index (κ1) is 19.0. The SMILES string of the molecule is Cn1nnn(-c2cccc(OC(F)(F)F)c2COc2ccccc2C2CC2)c1=O. The third-order valence-electron chi connectivity index (χ3n) is 4.59. The van der Waals surface area contributed by atoms with Gasteiger partial charge >= 0.3 is 12.1 Å². The number of halogens is 3. The number of aromatic nitrogens is 4.